The van der Waals surface area contributed by atoms with E-state index < -0.39 is 23.5 Å². The zero-order valence-electron chi connectivity index (χ0n) is 20.0. The first kappa shape index (κ1) is 23.3. The van der Waals surface area contributed by atoms with Crippen LogP contribution in [0.15, 0.2) is 109 Å². The third-order valence-corrected chi connectivity index (χ3v) is 7.33. The number of hydrogen-bond acceptors (Lipinski definition) is 5. The first-order valence-corrected chi connectivity index (χ1v) is 12.3. The topological polar surface area (TPSA) is 59.1 Å². The van der Waals surface area contributed by atoms with Gasteiger partial charge < -0.3 is 4.74 Å². The van der Waals surface area contributed by atoms with Gasteiger partial charge >= 0.3 is 0 Å². The molecule has 0 bridgehead atoms. The van der Waals surface area contributed by atoms with E-state index in [-0.39, 0.29) is 5.91 Å². The fourth-order valence-electron chi connectivity index (χ4n) is 5.41. The SMILES string of the molecule is COc1ccc([C@@H]2N(c3ccccc3)O[C@@H]3C(=O)N(c4ccc(Cl)cc4)C(=O)[C@]32c2ccccc2)cc1. The molecule has 0 saturated carbocycles. The molecule has 4 aromatic carbocycles. The zero-order valence-corrected chi connectivity index (χ0v) is 20.7. The number of hydrogen-bond donors (Lipinski definition) is 0. The summed E-state index contributed by atoms with van der Waals surface area (Å²) in [4.78, 5) is 36.3. The average Bonchev–Trinajstić information content (AvgIpc) is 3.41. The minimum absolute atomic E-state index is 0.352. The second-order valence-electron chi connectivity index (χ2n) is 9.01. The Morgan fingerprint density at radius 3 is 2.03 bits per heavy atom. The molecule has 4 aromatic rings. The van der Waals surface area contributed by atoms with E-state index >= 15 is 0 Å². The lowest BCUT2D eigenvalue weighted by atomic mass is 9.69. The number of methoxy groups -OCH3 is 1. The van der Waals surface area contributed by atoms with Crippen LogP contribution < -0.4 is 14.7 Å². The molecule has 2 heterocycles. The number of benzene rings is 4. The van der Waals surface area contributed by atoms with Crippen LogP contribution in [-0.2, 0) is 19.8 Å². The largest absolute Gasteiger partial charge is 0.497 e. The molecule has 2 fully saturated rings. The third kappa shape index (κ3) is 3.52. The van der Waals surface area contributed by atoms with Gasteiger partial charge in [0.05, 0.1) is 18.5 Å². The molecule has 3 atom stereocenters. The van der Waals surface area contributed by atoms with Crippen molar-refractivity contribution in [2.45, 2.75) is 17.6 Å². The van der Waals surface area contributed by atoms with Crippen LogP contribution in [0.3, 0.4) is 0 Å². The van der Waals surface area contributed by atoms with Gasteiger partial charge in [0.2, 0.25) is 5.91 Å². The fraction of sp³-hybridized carbons (Fsp3) is 0.133. The second-order valence-corrected chi connectivity index (χ2v) is 9.45. The molecule has 2 aliphatic rings. The smallest absolute Gasteiger partial charge is 0.267 e. The van der Waals surface area contributed by atoms with Crippen LogP contribution in [0.2, 0.25) is 5.02 Å². The number of para-hydroxylation sites is 1. The average molecular weight is 511 g/mol. The predicted molar refractivity (Wildman–Crippen MR) is 142 cm³/mol. The first-order valence-electron chi connectivity index (χ1n) is 11.9. The molecule has 37 heavy (non-hydrogen) atoms. The van der Waals surface area contributed by atoms with Gasteiger partial charge in [-0.25, -0.2) is 9.96 Å². The minimum atomic E-state index is -1.34. The van der Waals surface area contributed by atoms with Gasteiger partial charge in [-0.05, 0) is 59.7 Å². The quantitative estimate of drug-likeness (QED) is 0.321. The molecule has 6 nitrogen and oxygen atoms in total. The molecule has 2 aliphatic heterocycles. The van der Waals surface area contributed by atoms with Gasteiger partial charge in [0.1, 0.15) is 17.2 Å². The summed E-state index contributed by atoms with van der Waals surface area (Å²) in [6, 6.07) is 32.5. The van der Waals surface area contributed by atoms with E-state index in [2.05, 4.69) is 0 Å². The highest BCUT2D eigenvalue weighted by Crippen LogP contribution is 2.57. The lowest BCUT2D eigenvalue weighted by Gasteiger charge is -2.35. The van der Waals surface area contributed by atoms with Crippen LogP contribution in [0.25, 0.3) is 0 Å². The van der Waals surface area contributed by atoms with Crippen molar-refractivity contribution in [1.82, 2.24) is 0 Å². The Labute approximate surface area is 219 Å². The van der Waals surface area contributed by atoms with E-state index in [1.54, 1.807) is 36.4 Å². The summed E-state index contributed by atoms with van der Waals surface area (Å²) in [5.41, 5.74) is 1.37. The van der Waals surface area contributed by atoms with Crippen LogP contribution in [0.5, 0.6) is 5.75 Å². The van der Waals surface area contributed by atoms with Gasteiger partial charge in [0.15, 0.2) is 6.10 Å². The van der Waals surface area contributed by atoms with Crippen LogP contribution in [-0.4, -0.2) is 25.0 Å². The van der Waals surface area contributed by atoms with Gasteiger partial charge in [-0.15, -0.1) is 0 Å². The summed E-state index contributed by atoms with van der Waals surface area (Å²) in [5.74, 6) is -0.0840. The molecule has 7 heteroatoms. The van der Waals surface area contributed by atoms with Crippen LogP contribution >= 0.6 is 11.6 Å². The number of hydroxylamine groups is 1. The number of halogens is 1. The highest BCUT2D eigenvalue weighted by molar-refractivity contribution is 6.31. The number of rotatable bonds is 5. The van der Waals surface area contributed by atoms with Gasteiger partial charge in [-0.3, -0.25) is 14.4 Å². The summed E-state index contributed by atoms with van der Waals surface area (Å²) < 4.78 is 5.38. The van der Waals surface area contributed by atoms with E-state index in [1.165, 1.54) is 4.90 Å². The number of nitrogens with zero attached hydrogens (tertiary/aromatic N) is 2. The molecule has 0 N–H and O–H groups in total. The zero-order chi connectivity index (χ0) is 25.6. The number of amides is 2. The molecule has 0 unspecified atom stereocenters. The Balaban J connectivity index is 1.60. The lowest BCUT2D eigenvalue weighted by Crippen LogP contribution is -2.46. The monoisotopic (exact) mass is 510 g/mol. The summed E-state index contributed by atoms with van der Waals surface area (Å²) in [6.45, 7) is 0. The Kier molecular flexibility index (Phi) is 5.71. The molecular formula is C30H23ClN2O4. The number of carbonyl (C=O) groups excluding carboxylic acids is 2. The number of carbonyl (C=O) groups is 2. The van der Waals surface area contributed by atoms with Crippen molar-refractivity contribution >= 4 is 34.8 Å². The van der Waals surface area contributed by atoms with Gasteiger partial charge in [-0.1, -0.05) is 72.3 Å². The fourth-order valence-corrected chi connectivity index (χ4v) is 5.53. The molecule has 0 aromatic heterocycles. The second kappa shape index (κ2) is 9.07. The van der Waals surface area contributed by atoms with E-state index in [0.717, 1.165) is 11.3 Å². The maximum absolute atomic E-state index is 14.6. The summed E-state index contributed by atoms with van der Waals surface area (Å²) in [5, 5.41) is 2.22. The van der Waals surface area contributed by atoms with Crippen molar-refractivity contribution in [3.05, 3.63) is 125 Å². The maximum atomic E-state index is 14.6. The molecule has 2 saturated heterocycles. The Hall–Kier alpha value is -4.13. The molecular weight excluding hydrogens is 488 g/mol. The van der Waals surface area contributed by atoms with Crippen molar-refractivity contribution in [2.75, 3.05) is 17.1 Å². The first-order chi connectivity index (χ1) is 18.1. The molecule has 0 spiro atoms. The number of fused-ring (bicyclic) bond motifs is 1. The molecule has 2 amide bonds. The third-order valence-electron chi connectivity index (χ3n) is 7.08. The standard InChI is InChI=1S/C30H23ClN2O4/c1-36-25-18-12-20(13-19-25)26-30(21-8-4-2-5-9-21)27(37-33(26)24-10-6-3-7-11-24)28(34)32(29(30)35)23-16-14-22(31)15-17-23/h2-19,26-27H,1H3/t26-,27+,30-/m0/s1. The summed E-state index contributed by atoms with van der Waals surface area (Å²) >= 11 is 6.10. The number of ether oxygens (including phenoxy) is 1. The van der Waals surface area contributed by atoms with Crippen LogP contribution in [0.4, 0.5) is 11.4 Å². The summed E-state index contributed by atoms with van der Waals surface area (Å²) in [7, 11) is 1.61. The van der Waals surface area contributed by atoms with Gasteiger partial charge in [0, 0.05) is 5.02 Å². The summed E-state index contributed by atoms with van der Waals surface area (Å²) in [6.07, 6.45) is -1.08. The highest BCUT2D eigenvalue weighted by Gasteiger charge is 2.72. The van der Waals surface area contributed by atoms with Crippen molar-refractivity contribution in [3.8, 4) is 5.75 Å². The van der Waals surface area contributed by atoms with E-state index in [0.29, 0.717) is 22.0 Å². The molecule has 184 valence electrons. The van der Waals surface area contributed by atoms with Gasteiger partial charge in [-0.2, -0.15) is 0 Å². The van der Waals surface area contributed by atoms with Crippen LogP contribution in [0.1, 0.15) is 17.2 Å². The Morgan fingerprint density at radius 1 is 0.784 bits per heavy atom. The molecule has 0 aliphatic carbocycles. The maximum Gasteiger partial charge on any atom is 0.267 e. The van der Waals surface area contributed by atoms with E-state index in [4.69, 9.17) is 21.2 Å². The van der Waals surface area contributed by atoms with Gasteiger partial charge in [0.25, 0.3) is 5.91 Å². The Bertz CT molecular complexity index is 1440. The number of imide groups is 1. The highest BCUT2D eigenvalue weighted by atomic mass is 35.5. The number of anilines is 2. The molecule has 0 radical (unpaired) electrons. The van der Waals surface area contributed by atoms with Crippen molar-refractivity contribution < 1.29 is 19.2 Å². The molecule has 6 rings (SSSR count). The minimum Gasteiger partial charge on any atom is -0.497 e. The Morgan fingerprint density at radius 2 is 1.41 bits per heavy atom. The van der Waals surface area contributed by atoms with Crippen molar-refractivity contribution in [3.63, 3.8) is 0 Å². The lowest BCUT2D eigenvalue weighted by molar-refractivity contribution is -0.126. The van der Waals surface area contributed by atoms with Crippen molar-refractivity contribution in [2.24, 2.45) is 0 Å². The predicted octanol–water partition coefficient (Wildman–Crippen LogP) is 5.72. The van der Waals surface area contributed by atoms with E-state index in [9.17, 15) is 9.59 Å². The van der Waals surface area contributed by atoms with Crippen LogP contribution in [0, 0.1) is 0 Å². The van der Waals surface area contributed by atoms with E-state index in [1.807, 2.05) is 84.9 Å². The normalized spacial score (nSPS) is 22.9. The van der Waals surface area contributed by atoms with Crippen molar-refractivity contribution in [1.29, 1.82) is 0 Å².